The number of nitrogens with zero attached hydrogens (tertiary/aromatic N) is 2. The lowest BCUT2D eigenvalue weighted by Crippen LogP contribution is -2.50. The van der Waals surface area contributed by atoms with Gasteiger partial charge in [-0.25, -0.2) is 8.42 Å². The molecule has 0 saturated carbocycles. The van der Waals surface area contributed by atoms with E-state index in [0.29, 0.717) is 35.9 Å². The minimum atomic E-state index is -3.67. The maximum absolute atomic E-state index is 13.7. The van der Waals surface area contributed by atoms with Gasteiger partial charge in [-0.15, -0.1) is 11.3 Å². The molecule has 1 amide bonds. The van der Waals surface area contributed by atoms with Crippen LogP contribution >= 0.6 is 27.3 Å². The zero-order valence-electron chi connectivity index (χ0n) is 22.1. The summed E-state index contributed by atoms with van der Waals surface area (Å²) < 4.78 is 35.9. The maximum Gasteiger partial charge on any atom is 0.254 e. The van der Waals surface area contributed by atoms with Crippen LogP contribution in [0.25, 0.3) is 0 Å². The van der Waals surface area contributed by atoms with Crippen LogP contribution in [-0.4, -0.2) is 49.7 Å². The van der Waals surface area contributed by atoms with Gasteiger partial charge in [0.05, 0.1) is 8.68 Å². The van der Waals surface area contributed by atoms with E-state index in [1.165, 1.54) is 4.31 Å². The first-order valence-electron chi connectivity index (χ1n) is 12.2. The number of rotatable bonds is 6. The molecule has 1 aliphatic heterocycles. The molecular weight excluding hydrogens is 572 g/mol. The molecule has 37 heavy (non-hydrogen) atoms. The van der Waals surface area contributed by atoms with E-state index in [9.17, 15) is 13.2 Å². The molecule has 1 aliphatic rings. The second-order valence-electron chi connectivity index (χ2n) is 9.68. The van der Waals surface area contributed by atoms with Gasteiger partial charge in [0.25, 0.3) is 5.91 Å². The molecule has 9 heteroatoms. The molecule has 0 radical (unpaired) electrons. The van der Waals surface area contributed by atoms with E-state index in [1.54, 1.807) is 28.4 Å². The highest BCUT2D eigenvalue weighted by Gasteiger charge is 2.33. The Morgan fingerprint density at radius 3 is 2.08 bits per heavy atom. The Hall–Kier alpha value is -2.20. The fourth-order valence-electron chi connectivity index (χ4n) is 4.77. The lowest BCUT2D eigenvalue weighted by Gasteiger charge is -2.35. The van der Waals surface area contributed by atoms with Crippen molar-refractivity contribution >= 4 is 43.2 Å². The molecule has 1 fully saturated rings. The van der Waals surface area contributed by atoms with Crippen molar-refractivity contribution in [3.8, 4) is 5.75 Å². The topological polar surface area (TPSA) is 66.9 Å². The summed E-state index contributed by atoms with van der Waals surface area (Å²) in [5.74, 6) is 0.556. The van der Waals surface area contributed by atoms with Crippen molar-refractivity contribution in [1.82, 2.24) is 9.21 Å². The van der Waals surface area contributed by atoms with Gasteiger partial charge < -0.3 is 9.64 Å². The van der Waals surface area contributed by atoms with Gasteiger partial charge >= 0.3 is 0 Å². The largest absolute Gasteiger partial charge is 0.489 e. The summed E-state index contributed by atoms with van der Waals surface area (Å²) in [7, 11) is -3.67. The molecule has 0 bridgehead atoms. The average molecular weight is 606 g/mol. The van der Waals surface area contributed by atoms with Crippen LogP contribution in [0.1, 0.15) is 49.3 Å². The highest BCUT2D eigenvalue weighted by molar-refractivity contribution is 9.11. The Morgan fingerprint density at radius 1 is 0.919 bits per heavy atom. The molecule has 0 spiro atoms. The second-order valence-corrected chi connectivity index (χ2v) is 13.8. The Labute approximate surface area is 232 Å². The summed E-state index contributed by atoms with van der Waals surface area (Å²) in [5, 5.41) is 2.03. The second kappa shape index (κ2) is 10.9. The van der Waals surface area contributed by atoms with Crippen molar-refractivity contribution in [3.05, 3.63) is 77.9 Å². The minimum Gasteiger partial charge on any atom is -0.489 e. The molecule has 4 rings (SSSR count). The van der Waals surface area contributed by atoms with E-state index in [-0.39, 0.29) is 19.0 Å². The standard InChI is InChI=1S/C28H33BrN2O4S2/c1-17-7-8-24(14-25(17)35-15-23-13-26(29)36-16-23)28(32)30-9-11-31(12-10-30)37(33,34)27-21(5)19(3)18(2)20(4)22(27)6/h7-8,13-14,16H,9-12,15H2,1-6H3. The van der Waals surface area contributed by atoms with Crippen LogP contribution in [0.3, 0.4) is 0 Å². The van der Waals surface area contributed by atoms with E-state index < -0.39 is 10.0 Å². The number of carbonyl (C=O) groups is 1. The molecule has 3 aromatic rings. The molecule has 0 atom stereocenters. The van der Waals surface area contributed by atoms with Gasteiger partial charge in [0, 0.05) is 37.3 Å². The van der Waals surface area contributed by atoms with E-state index >= 15 is 0 Å². The monoisotopic (exact) mass is 604 g/mol. The first kappa shape index (κ1) is 27.8. The number of hydrogen-bond donors (Lipinski definition) is 0. The first-order valence-corrected chi connectivity index (χ1v) is 15.4. The van der Waals surface area contributed by atoms with Gasteiger partial charge in [0.15, 0.2) is 0 Å². The van der Waals surface area contributed by atoms with Crippen LogP contribution in [0.5, 0.6) is 5.75 Å². The number of aryl methyl sites for hydroxylation is 1. The fraction of sp³-hybridized carbons (Fsp3) is 0.393. The Morgan fingerprint density at radius 2 is 1.51 bits per heavy atom. The van der Waals surface area contributed by atoms with Crippen LogP contribution < -0.4 is 4.74 Å². The highest BCUT2D eigenvalue weighted by Crippen LogP contribution is 2.32. The normalized spacial score (nSPS) is 14.7. The molecule has 0 N–H and O–H groups in total. The number of sulfonamides is 1. The van der Waals surface area contributed by atoms with Crippen molar-refractivity contribution in [3.63, 3.8) is 0 Å². The van der Waals surface area contributed by atoms with Gasteiger partial charge in [-0.1, -0.05) is 6.07 Å². The van der Waals surface area contributed by atoms with Crippen LogP contribution in [0.4, 0.5) is 0 Å². The first-order chi connectivity index (χ1) is 17.4. The average Bonchev–Trinajstić information content (AvgIpc) is 3.30. The van der Waals surface area contributed by atoms with Gasteiger partial charge in [0.1, 0.15) is 12.4 Å². The van der Waals surface area contributed by atoms with Gasteiger partial charge in [0.2, 0.25) is 10.0 Å². The van der Waals surface area contributed by atoms with Crippen molar-refractivity contribution < 1.29 is 17.9 Å². The third-order valence-electron chi connectivity index (χ3n) is 7.51. The van der Waals surface area contributed by atoms with Gasteiger partial charge in [-0.3, -0.25) is 4.79 Å². The smallest absolute Gasteiger partial charge is 0.254 e. The zero-order chi connectivity index (χ0) is 27.1. The number of carbonyl (C=O) groups excluding carboxylic acids is 1. The third-order valence-corrected chi connectivity index (χ3v) is 11.2. The molecule has 1 aromatic heterocycles. The van der Waals surface area contributed by atoms with Gasteiger partial charge in [-0.2, -0.15) is 4.31 Å². The lowest BCUT2D eigenvalue weighted by atomic mass is 9.95. The van der Waals surface area contributed by atoms with E-state index in [4.69, 9.17) is 4.74 Å². The van der Waals surface area contributed by atoms with E-state index in [2.05, 4.69) is 15.9 Å². The minimum absolute atomic E-state index is 0.116. The summed E-state index contributed by atoms with van der Waals surface area (Å²) in [6.07, 6.45) is 0. The predicted molar refractivity (Wildman–Crippen MR) is 152 cm³/mol. The van der Waals surface area contributed by atoms with Crippen molar-refractivity contribution in [2.24, 2.45) is 0 Å². The predicted octanol–water partition coefficient (Wildman–Crippen LogP) is 6.09. The lowest BCUT2D eigenvalue weighted by molar-refractivity contribution is 0.0697. The molecule has 2 aromatic carbocycles. The molecule has 0 unspecified atom stereocenters. The molecule has 0 aliphatic carbocycles. The summed E-state index contributed by atoms with van der Waals surface area (Å²) >= 11 is 5.07. The number of ether oxygens (including phenoxy) is 1. The Bertz CT molecular complexity index is 1430. The summed E-state index contributed by atoms with van der Waals surface area (Å²) in [4.78, 5) is 15.4. The van der Waals surface area contributed by atoms with Crippen LogP contribution in [0, 0.1) is 41.5 Å². The van der Waals surface area contributed by atoms with E-state index in [1.807, 2.05) is 59.1 Å². The number of piperazine rings is 1. The molecular formula is C28H33BrN2O4S2. The highest BCUT2D eigenvalue weighted by atomic mass is 79.9. The Kier molecular flexibility index (Phi) is 8.19. The molecule has 2 heterocycles. The fourth-order valence-corrected chi connectivity index (χ4v) is 7.94. The number of benzene rings is 2. The summed E-state index contributed by atoms with van der Waals surface area (Å²) in [5.41, 5.74) is 7.33. The summed E-state index contributed by atoms with van der Waals surface area (Å²) in [6.45, 7) is 13.3. The van der Waals surface area contributed by atoms with Crippen molar-refractivity contribution in [2.75, 3.05) is 26.2 Å². The van der Waals surface area contributed by atoms with E-state index in [0.717, 1.165) is 42.7 Å². The number of amides is 1. The maximum atomic E-state index is 13.7. The molecule has 1 saturated heterocycles. The molecule has 6 nitrogen and oxygen atoms in total. The van der Waals surface area contributed by atoms with Crippen LogP contribution in [0.2, 0.25) is 0 Å². The quantitative estimate of drug-likeness (QED) is 0.341. The molecule has 198 valence electrons. The zero-order valence-corrected chi connectivity index (χ0v) is 25.4. The number of hydrogen-bond acceptors (Lipinski definition) is 5. The van der Waals surface area contributed by atoms with Gasteiger partial charge in [-0.05, 0) is 114 Å². The number of thiophene rings is 1. The van der Waals surface area contributed by atoms with Crippen LogP contribution in [-0.2, 0) is 16.6 Å². The third kappa shape index (κ3) is 5.50. The Balaban J connectivity index is 1.47. The summed E-state index contributed by atoms with van der Waals surface area (Å²) in [6, 6.07) is 7.50. The number of halogens is 1. The van der Waals surface area contributed by atoms with Crippen LogP contribution in [0.15, 0.2) is 38.3 Å². The van der Waals surface area contributed by atoms with Crippen molar-refractivity contribution in [1.29, 1.82) is 0 Å². The SMILES string of the molecule is Cc1ccc(C(=O)N2CCN(S(=O)(=O)c3c(C)c(C)c(C)c(C)c3C)CC2)cc1OCc1csc(Br)c1. The van der Waals surface area contributed by atoms with Crippen molar-refractivity contribution in [2.45, 2.75) is 53.0 Å².